The monoisotopic (exact) mass is 318 g/mol. The van der Waals surface area contributed by atoms with Gasteiger partial charge in [-0.25, -0.2) is 4.39 Å². The quantitative estimate of drug-likeness (QED) is 0.870. The number of hydrogen-bond acceptors (Lipinski definition) is 2. The molecule has 1 aromatic carbocycles. The third-order valence-corrected chi connectivity index (χ3v) is 3.50. The van der Waals surface area contributed by atoms with Crippen LogP contribution in [0.1, 0.15) is 17.3 Å². The third-order valence-electron chi connectivity index (χ3n) is 2.47. The van der Waals surface area contributed by atoms with Crippen molar-refractivity contribution in [3.8, 4) is 0 Å². The Morgan fingerprint density at radius 3 is 2.71 bits per heavy atom. The van der Waals surface area contributed by atoms with Gasteiger partial charge < -0.3 is 10.6 Å². The van der Waals surface area contributed by atoms with Crippen molar-refractivity contribution >= 4 is 39.0 Å². The van der Waals surface area contributed by atoms with Gasteiger partial charge >= 0.3 is 0 Å². The Bertz CT molecular complexity index is 467. The highest BCUT2D eigenvalue weighted by atomic mass is 79.9. The molecule has 0 aliphatic carbocycles. The number of rotatable bonds is 3. The second kappa shape index (κ2) is 5.55. The molecular weight excluding hydrogens is 307 g/mol. The third kappa shape index (κ3) is 3.23. The zero-order valence-corrected chi connectivity index (χ0v) is 11.8. The van der Waals surface area contributed by atoms with E-state index < -0.39 is 5.82 Å². The lowest BCUT2D eigenvalue weighted by atomic mass is 10.1. The van der Waals surface area contributed by atoms with Crippen molar-refractivity contribution in [1.82, 2.24) is 4.90 Å². The summed E-state index contributed by atoms with van der Waals surface area (Å²) >= 11 is 8.03. The average molecular weight is 319 g/mol. The summed E-state index contributed by atoms with van der Waals surface area (Å²) in [5.41, 5.74) is 5.72. The Morgan fingerprint density at radius 2 is 2.18 bits per heavy atom. The number of nitrogens with zero attached hydrogens (tertiary/aromatic N) is 1. The standard InChI is InChI=1S/C11H12BrFN2OS/c1-6(10(14)17)15(2)11(16)8-5-7(13)3-4-9(8)12/h3-6H,1-2H3,(H2,14,17). The topological polar surface area (TPSA) is 46.3 Å². The fourth-order valence-corrected chi connectivity index (χ4v) is 1.79. The summed E-state index contributed by atoms with van der Waals surface area (Å²) in [4.78, 5) is 13.7. The minimum atomic E-state index is -0.465. The van der Waals surface area contributed by atoms with E-state index >= 15 is 0 Å². The molecule has 0 saturated heterocycles. The number of amides is 1. The van der Waals surface area contributed by atoms with Gasteiger partial charge in [-0.3, -0.25) is 4.79 Å². The smallest absolute Gasteiger partial charge is 0.255 e. The normalized spacial score (nSPS) is 12.0. The van der Waals surface area contributed by atoms with Crippen LogP contribution in [-0.4, -0.2) is 28.9 Å². The van der Waals surface area contributed by atoms with Crippen molar-refractivity contribution in [1.29, 1.82) is 0 Å². The molecule has 0 bridgehead atoms. The molecule has 0 spiro atoms. The highest BCUT2D eigenvalue weighted by Crippen LogP contribution is 2.20. The maximum atomic E-state index is 13.1. The number of nitrogens with two attached hydrogens (primary N) is 1. The molecule has 1 aromatic rings. The second-order valence-corrected chi connectivity index (χ2v) is 4.94. The molecule has 92 valence electrons. The molecule has 1 amide bonds. The van der Waals surface area contributed by atoms with E-state index in [1.165, 1.54) is 23.1 Å². The van der Waals surface area contributed by atoms with Crippen LogP contribution in [-0.2, 0) is 0 Å². The average Bonchev–Trinajstić information content (AvgIpc) is 2.29. The van der Waals surface area contributed by atoms with E-state index in [0.29, 0.717) is 4.47 Å². The number of benzene rings is 1. The maximum absolute atomic E-state index is 13.1. The van der Waals surface area contributed by atoms with E-state index in [9.17, 15) is 9.18 Å². The summed E-state index contributed by atoms with van der Waals surface area (Å²) < 4.78 is 13.6. The molecule has 17 heavy (non-hydrogen) atoms. The van der Waals surface area contributed by atoms with Crippen LogP contribution in [0.25, 0.3) is 0 Å². The van der Waals surface area contributed by atoms with Crippen LogP contribution < -0.4 is 5.73 Å². The summed E-state index contributed by atoms with van der Waals surface area (Å²) in [5, 5.41) is 0. The molecular formula is C11H12BrFN2OS. The highest BCUT2D eigenvalue weighted by molar-refractivity contribution is 9.10. The summed E-state index contributed by atoms with van der Waals surface area (Å²) in [5.74, 6) is -0.801. The van der Waals surface area contributed by atoms with Gasteiger partial charge in [0.2, 0.25) is 0 Å². The number of carbonyl (C=O) groups excluding carboxylic acids is 1. The SMILES string of the molecule is CC(C(N)=S)N(C)C(=O)c1cc(F)ccc1Br. The van der Waals surface area contributed by atoms with Crippen molar-refractivity contribution in [2.75, 3.05) is 7.05 Å². The zero-order valence-electron chi connectivity index (χ0n) is 9.41. The van der Waals surface area contributed by atoms with Crippen molar-refractivity contribution in [2.24, 2.45) is 5.73 Å². The Morgan fingerprint density at radius 1 is 1.59 bits per heavy atom. The minimum absolute atomic E-state index is 0.216. The van der Waals surface area contributed by atoms with Gasteiger partial charge in [-0.15, -0.1) is 0 Å². The maximum Gasteiger partial charge on any atom is 0.255 e. The largest absolute Gasteiger partial charge is 0.392 e. The van der Waals surface area contributed by atoms with Gasteiger partial charge in [-0.2, -0.15) is 0 Å². The van der Waals surface area contributed by atoms with Gasteiger partial charge in [0, 0.05) is 11.5 Å². The van der Waals surface area contributed by atoms with Crippen molar-refractivity contribution in [2.45, 2.75) is 13.0 Å². The lowest BCUT2D eigenvalue weighted by Crippen LogP contribution is -2.42. The van der Waals surface area contributed by atoms with Crippen LogP contribution in [0.5, 0.6) is 0 Å². The first kappa shape index (κ1) is 14.1. The molecule has 1 rings (SSSR count). The summed E-state index contributed by atoms with van der Waals surface area (Å²) in [7, 11) is 1.57. The van der Waals surface area contributed by atoms with E-state index in [2.05, 4.69) is 15.9 Å². The van der Waals surface area contributed by atoms with Crippen LogP contribution in [0.15, 0.2) is 22.7 Å². The summed E-state index contributed by atoms with van der Waals surface area (Å²) in [6.45, 7) is 1.72. The summed E-state index contributed by atoms with van der Waals surface area (Å²) in [6, 6.07) is 3.56. The van der Waals surface area contributed by atoms with E-state index in [-0.39, 0.29) is 22.5 Å². The summed E-state index contributed by atoms with van der Waals surface area (Å²) in [6.07, 6.45) is 0. The van der Waals surface area contributed by atoms with Gasteiger partial charge in [-0.05, 0) is 41.1 Å². The van der Waals surface area contributed by atoms with Crippen molar-refractivity contribution < 1.29 is 9.18 Å². The van der Waals surface area contributed by atoms with E-state index in [1.54, 1.807) is 14.0 Å². The molecule has 2 N–H and O–H groups in total. The number of carbonyl (C=O) groups is 1. The Kier molecular flexibility index (Phi) is 4.59. The molecule has 1 atom stereocenters. The molecule has 0 fully saturated rings. The van der Waals surface area contributed by atoms with Crippen LogP contribution in [0.2, 0.25) is 0 Å². The predicted octanol–water partition coefficient (Wildman–Crippen LogP) is 2.33. The van der Waals surface area contributed by atoms with Gasteiger partial charge in [0.05, 0.1) is 16.6 Å². The molecule has 1 unspecified atom stereocenters. The number of thiocarbonyl (C=S) groups is 1. The molecule has 3 nitrogen and oxygen atoms in total. The molecule has 0 saturated carbocycles. The van der Waals surface area contributed by atoms with Gasteiger partial charge in [-0.1, -0.05) is 12.2 Å². The second-order valence-electron chi connectivity index (χ2n) is 3.62. The molecule has 0 aromatic heterocycles. The van der Waals surface area contributed by atoms with Gasteiger partial charge in [0.15, 0.2) is 0 Å². The van der Waals surface area contributed by atoms with Gasteiger partial charge in [0.1, 0.15) is 5.82 Å². The van der Waals surface area contributed by atoms with Crippen molar-refractivity contribution in [3.05, 3.63) is 34.1 Å². The predicted molar refractivity (Wildman–Crippen MR) is 72.4 cm³/mol. The number of likely N-dealkylation sites (N-methyl/N-ethyl adjacent to an activating group) is 1. The first-order chi connectivity index (χ1) is 7.84. The molecule has 6 heteroatoms. The molecule has 0 aliphatic rings. The van der Waals surface area contributed by atoms with E-state index in [4.69, 9.17) is 18.0 Å². The Balaban J connectivity index is 3.04. The van der Waals surface area contributed by atoms with E-state index in [0.717, 1.165) is 0 Å². The van der Waals surface area contributed by atoms with Crippen LogP contribution in [0.3, 0.4) is 0 Å². The zero-order chi connectivity index (χ0) is 13.2. The Labute approximate surface area is 113 Å². The number of halogens is 2. The first-order valence-corrected chi connectivity index (χ1v) is 6.06. The van der Waals surface area contributed by atoms with Crippen LogP contribution in [0, 0.1) is 5.82 Å². The van der Waals surface area contributed by atoms with Crippen molar-refractivity contribution in [3.63, 3.8) is 0 Å². The number of hydrogen-bond donors (Lipinski definition) is 1. The highest BCUT2D eigenvalue weighted by Gasteiger charge is 2.21. The van der Waals surface area contributed by atoms with Gasteiger partial charge in [0.25, 0.3) is 5.91 Å². The van der Waals surface area contributed by atoms with Crippen LogP contribution in [0.4, 0.5) is 4.39 Å². The molecule has 0 heterocycles. The lowest BCUT2D eigenvalue weighted by Gasteiger charge is -2.24. The van der Waals surface area contributed by atoms with E-state index in [1.807, 2.05) is 0 Å². The molecule has 0 radical (unpaired) electrons. The Hall–Kier alpha value is -1.01. The minimum Gasteiger partial charge on any atom is -0.392 e. The first-order valence-electron chi connectivity index (χ1n) is 4.86. The lowest BCUT2D eigenvalue weighted by molar-refractivity contribution is 0.0777. The fraction of sp³-hybridized carbons (Fsp3) is 0.273. The fourth-order valence-electron chi connectivity index (χ4n) is 1.22. The molecule has 0 aliphatic heterocycles. The van der Waals surface area contributed by atoms with Crippen LogP contribution >= 0.6 is 28.1 Å².